The van der Waals surface area contributed by atoms with Crippen molar-refractivity contribution in [2.24, 2.45) is 5.92 Å². The summed E-state index contributed by atoms with van der Waals surface area (Å²) in [7, 11) is -3.54. The molecule has 3 aromatic carbocycles. The van der Waals surface area contributed by atoms with E-state index in [-0.39, 0.29) is 11.8 Å². The summed E-state index contributed by atoms with van der Waals surface area (Å²) in [6, 6.07) is 20.9. The maximum atomic E-state index is 13.0. The number of fused-ring (bicyclic) bond motifs is 1. The summed E-state index contributed by atoms with van der Waals surface area (Å²) in [4.78, 5) is 13.2. The Morgan fingerprint density at radius 3 is 2.26 bits per heavy atom. The zero-order valence-corrected chi connectivity index (χ0v) is 18.7. The van der Waals surface area contributed by atoms with Gasteiger partial charge in [-0.15, -0.1) is 0 Å². The number of rotatable bonds is 5. The highest BCUT2D eigenvalue weighted by Gasteiger charge is 2.32. The van der Waals surface area contributed by atoms with Gasteiger partial charge in [0.25, 0.3) is 0 Å². The minimum Gasteiger partial charge on any atom is -0.325 e. The maximum Gasteiger partial charge on any atom is 0.243 e. The van der Waals surface area contributed by atoms with E-state index in [1.54, 1.807) is 12.1 Å². The molecule has 1 amide bonds. The molecule has 0 bridgehead atoms. The first-order valence-corrected chi connectivity index (χ1v) is 12.2. The number of hydrogen-bond acceptors (Lipinski definition) is 3. The van der Waals surface area contributed by atoms with Gasteiger partial charge in [0, 0.05) is 30.1 Å². The summed E-state index contributed by atoms with van der Waals surface area (Å²) in [5.41, 5.74) is 1.91. The molecule has 0 radical (unpaired) electrons. The number of hydrogen-bond donors (Lipinski definition) is 1. The third-order valence-electron chi connectivity index (χ3n) is 6.06. The van der Waals surface area contributed by atoms with Gasteiger partial charge in [-0.2, -0.15) is 4.31 Å². The Labute approximate surface area is 184 Å². The van der Waals surface area contributed by atoms with Crippen molar-refractivity contribution in [1.29, 1.82) is 0 Å². The van der Waals surface area contributed by atoms with E-state index in [4.69, 9.17) is 0 Å². The molecule has 1 saturated heterocycles. The molecule has 0 unspecified atom stereocenters. The molecule has 0 spiro atoms. The van der Waals surface area contributed by atoms with Crippen molar-refractivity contribution in [2.75, 3.05) is 18.4 Å². The highest BCUT2D eigenvalue weighted by molar-refractivity contribution is 7.89. The fraction of sp³-hybridized carbons (Fsp3) is 0.320. The summed E-state index contributed by atoms with van der Waals surface area (Å²) >= 11 is 0. The predicted octanol–water partition coefficient (Wildman–Crippen LogP) is 5.00. The van der Waals surface area contributed by atoms with Crippen LogP contribution in [0.3, 0.4) is 0 Å². The molecule has 0 aliphatic carbocycles. The van der Waals surface area contributed by atoms with E-state index in [1.807, 2.05) is 54.6 Å². The Hall–Kier alpha value is -2.70. The third-order valence-corrected chi connectivity index (χ3v) is 7.97. The van der Waals surface area contributed by atoms with Crippen molar-refractivity contribution in [3.05, 3.63) is 72.3 Å². The van der Waals surface area contributed by atoms with Crippen LogP contribution in [-0.2, 0) is 14.8 Å². The number of nitrogens with zero attached hydrogens (tertiary/aromatic N) is 1. The van der Waals surface area contributed by atoms with E-state index in [0.717, 1.165) is 22.0 Å². The number of benzene rings is 3. The summed E-state index contributed by atoms with van der Waals surface area (Å²) in [6.07, 6.45) is 1.03. The lowest BCUT2D eigenvalue weighted by Gasteiger charge is -2.30. The van der Waals surface area contributed by atoms with Gasteiger partial charge in [0.15, 0.2) is 0 Å². The normalized spacial score (nSPS) is 16.0. The topological polar surface area (TPSA) is 66.5 Å². The summed E-state index contributed by atoms with van der Waals surface area (Å²) in [5, 5.41) is 5.13. The fourth-order valence-corrected chi connectivity index (χ4v) is 5.57. The molecule has 0 atom stereocenters. The number of carbonyl (C=O) groups is 1. The zero-order chi connectivity index (χ0) is 22.0. The first-order valence-electron chi connectivity index (χ1n) is 10.7. The number of piperidine rings is 1. The fourth-order valence-electron chi connectivity index (χ4n) is 4.10. The minimum atomic E-state index is -3.54. The first-order chi connectivity index (χ1) is 14.9. The van der Waals surface area contributed by atoms with Crippen LogP contribution in [0.15, 0.2) is 71.6 Å². The quantitative estimate of drug-likeness (QED) is 0.612. The van der Waals surface area contributed by atoms with Crippen LogP contribution in [0.25, 0.3) is 10.8 Å². The van der Waals surface area contributed by atoms with Crippen LogP contribution in [0.2, 0.25) is 0 Å². The Kier molecular flexibility index (Phi) is 6.12. The van der Waals surface area contributed by atoms with E-state index in [9.17, 15) is 13.2 Å². The number of carbonyl (C=O) groups excluding carboxylic acids is 1. The average molecular weight is 437 g/mol. The summed E-state index contributed by atoms with van der Waals surface area (Å²) in [5.74, 6) is 0.108. The molecule has 1 fully saturated rings. The molecule has 5 nitrogen and oxygen atoms in total. The molecule has 1 aliphatic heterocycles. The minimum absolute atomic E-state index is 0.0466. The molecule has 3 aromatic rings. The number of nitrogens with one attached hydrogen (secondary N) is 1. The van der Waals surface area contributed by atoms with E-state index >= 15 is 0 Å². The van der Waals surface area contributed by atoms with Gasteiger partial charge >= 0.3 is 0 Å². The number of anilines is 1. The Morgan fingerprint density at radius 2 is 1.58 bits per heavy atom. The maximum absolute atomic E-state index is 13.0. The van der Waals surface area contributed by atoms with E-state index in [0.29, 0.717) is 36.7 Å². The van der Waals surface area contributed by atoms with Crippen LogP contribution in [0.1, 0.15) is 38.2 Å². The lowest BCUT2D eigenvalue weighted by molar-refractivity contribution is -0.120. The Balaban J connectivity index is 1.41. The highest BCUT2D eigenvalue weighted by atomic mass is 32.2. The van der Waals surface area contributed by atoms with E-state index < -0.39 is 10.0 Å². The van der Waals surface area contributed by atoms with Crippen LogP contribution in [0.4, 0.5) is 5.69 Å². The molecule has 1 aliphatic rings. The average Bonchev–Trinajstić information content (AvgIpc) is 2.79. The molecular weight excluding hydrogens is 408 g/mol. The first kappa shape index (κ1) is 21.5. The second-order valence-corrected chi connectivity index (χ2v) is 10.4. The van der Waals surface area contributed by atoms with Gasteiger partial charge in [0.05, 0.1) is 4.90 Å². The van der Waals surface area contributed by atoms with Gasteiger partial charge in [0.1, 0.15) is 0 Å². The molecule has 4 rings (SSSR count). The monoisotopic (exact) mass is 436 g/mol. The second kappa shape index (κ2) is 8.81. The van der Waals surface area contributed by atoms with Gasteiger partial charge in [-0.25, -0.2) is 8.42 Å². The van der Waals surface area contributed by atoms with Gasteiger partial charge < -0.3 is 5.32 Å². The lowest BCUT2D eigenvalue weighted by atomic mass is 9.97. The van der Waals surface area contributed by atoms with Crippen molar-refractivity contribution < 1.29 is 13.2 Å². The molecule has 162 valence electrons. The standard InChI is InChI=1S/C25H28N2O3S/c1-18(2)19-10-12-22(13-11-19)31(29,30)27-16-14-21(15-17-27)25(28)26-24-9-5-7-20-6-3-4-8-23(20)24/h3-13,18,21H,14-17H2,1-2H3,(H,26,28). The Morgan fingerprint density at radius 1 is 0.935 bits per heavy atom. The molecular formula is C25H28N2O3S. The summed E-state index contributed by atoms with van der Waals surface area (Å²) in [6.45, 7) is 4.86. The summed E-state index contributed by atoms with van der Waals surface area (Å²) < 4.78 is 27.5. The van der Waals surface area contributed by atoms with Crippen LogP contribution in [-0.4, -0.2) is 31.7 Å². The van der Waals surface area contributed by atoms with E-state index in [2.05, 4.69) is 19.2 Å². The van der Waals surface area contributed by atoms with Crippen LogP contribution >= 0.6 is 0 Å². The molecule has 1 heterocycles. The molecule has 0 aromatic heterocycles. The van der Waals surface area contributed by atoms with Gasteiger partial charge in [-0.1, -0.05) is 62.4 Å². The molecule has 6 heteroatoms. The van der Waals surface area contributed by atoms with Gasteiger partial charge in [-0.05, 0) is 47.9 Å². The largest absolute Gasteiger partial charge is 0.325 e. The second-order valence-electron chi connectivity index (χ2n) is 8.42. The van der Waals surface area contributed by atoms with Crippen LogP contribution < -0.4 is 5.32 Å². The lowest BCUT2D eigenvalue weighted by Crippen LogP contribution is -2.41. The van der Waals surface area contributed by atoms with Crippen molar-refractivity contribution >= 4 is 32.4 Å². The van der Waals surface area contributed by atoms with Crippen molar-refractivity contribution in [3.63, 3.8) is 0 Å². The number of sulfonamides is 1. The Bertz CT molecular complexity index is 1170. The van der Waals surface area contributed by atoms with Crippen LogP contribution in [0.5, 0.6) is 0 Å². The highest BCUT2D eigenvalue weighted by Crippen LogP contribution is 2.28. The van der Waals surface area contributed by atoms with Crippen molar-refractivity contribution in [1.82, 2.24) is 4.31 Å². The molecule has 31 heavy (non-hydrogen) atoms. The van der Waals surface area contributed by atoms with E-state index in [1.165, 1.54) is 4.31 Å². The third kappa shape index (κ3) is 4.50. The SMILES string of the molecule is CC(C)c1ccc(S(=O)(=O)N2CCC(C(=O)Nc3cccc4ccccc34)CC2)cc1. The van der Waals surface area contributed by atoms with Crippen molar-refractivity contribution in [2.45, 2.75) is 37.5 Å². The molecule has 1 N–H and O–H groups in total. The van der Waals surface area contributed by atoms with Crippen molar-refractivity contribution in [3.8, 4) is 0 Å². The van der Waals surface area contributed by atoms with Crippen LogP contribution in [0, 0.1) is 5.92 Å². The predicted molar refractivity (Wildman–Crippen MR) is 125 cm³/mol. The zero-order valence-electron chi connectivity index (χ0n) is 17.9. The smallest absolute Gasteiger partial charge is 0.243 e. The molecule has 0 saturated carbocycles. The number of amides is 1. The van der Waals surface area contributed by atoms with Gasteiger partial charge in [0.2, 0.25) is 15.9 Å². The van der Waals surface area contributed by atoms with Gasteiger partial charge in [-0.3, -0.25) is 4.79 Å².